The Morgan fingerprint density at radius 1 is 0.676 bits per heavy atom. The highest BCUT2D eigenvalue weighted by molar-refractivity contribution is 5.92. The third kappa shape index (κ3) is 5.50. The summed E-state index contributed by atoms with van der Waals surface area (Å²) in [6.45, 7) is 3.90. The topological polar surface area (TPSA) is 35.5 Å². The Morgan fingerprint density at radius 2 is 1.24 bits per heavy atom. The van der Waals surface area contributed by atoms with Gasteiger partial charge in [0.05, 0.1) is 12.2 Å². The number of carbonyl (C=O) groups is 1. The molecule has 0 aromatic heterocycles. The van der Waals surface area contributed by atoms with Gasteiger partial charge in [0.1, 0.15) is 5.75 Å². The summed E-state index contributed by atoms with van der Waals surface area (Å²) in [5, 5.41) is 0. The summed E-state index contributed by atoms with van der Waals surface area (Å²) in [5.74, 6) is -5.91. The van der Waals surface area contributed by atoms with Crippen LogP contribution in [0, 0.1) is 23.3 Å². The average molecular weight is 509 g/mol. The van der Waals surface area contributed by atoms with Gasteiger partial charge in [-0.05, 0) is 60.4 Å². The lowest BCUT2D eigenvalue weighted by atomic mass is 10.00. The minimum Gasteiger partial charge on any atom is -0.491 e. The fourth-order valence-corrected chi connectivity index (χ4v) is 3.96. The van der Waals surface area contributed by atoms with Crippen LogP contribution in [0.25, 0.3) is 22.3 Å². The van der Waals surface area contributed by atoms with E-state index in [-0.39, 0.29) is 29.2 Å². The zero-order chi connectivity index (χ0) is 26.5. The molecule has 0 fully saturated rings. The molecular formula is C30H24F4O3. The second-order valence-electron chi connectivity index (χ2n) is 8.32. The van der Waals surface area contributed by atoms with Crippen molar-refractivity contribution in [1.82, 2.24) is 0 Å². The molecule has 190 valence electrons. The molecule has 4 aromatic carbocycles. The maximum Gasteiger partial charge on any atom is 0.346 e. The second-order valence-corrected chi connectivity index (χ2v) is 8.32. The van der Waals surface area contributed by atoms with Crippen molar-refractivity contribution in [3.8, 4) is 33.8 Å². The van der Waals surface area contributed by atoms with Crippen molar-refractivity contribution >= 4 is 5.97 Å². The third-order valence-corrected chi connectivity index (χ3v) is 5.83. The maximum atomic E-state index is 14.8. The van der Waals surface area contributed by atoms with Gasteiger partial charge < -0.3 is 9.47 Å². The number of aryl methyl sites for hydroxylation is 1. The largest absolute Gasteiger partial charge is 0.491 e. The molecule has 0 spiro atoms. The van der Waals surface area contributed by atoms with Gasteiger partial charge in [-0.3, -0.25) is 0 Å². The second kappa shape index (κ2) is 11.3. The van der Waals surface area contributed by atoms with Crippen LogP contribution < -0.4 is 9.47 Å². The predicted octanol–water partition coefficient (Wildman–Crippen LogP) is 8.15. The number of esters is 1. The third-order valence-electron chi connectivity index (χ3n) is 5.83. The predicted molar refractivity (Wildman–Crippen MR) is 134 cm³/mol. The smallest absolute Gasteiger partial charge is 0.346 e. The van der Waals surface area contributed by atoms with Gasteiger partial charge in [0.15, 0.2) is 23.2 Å². The lowest BCUT2D eigenvalue weighted by Gasteiger charge is -2.11. The van der Waals surface area contributed by atoms with E-state index in [9.17, 15) is 22.4 Å². The first-order chi connectivity index (χ1) is 17.8. The van der Waals surface area contributed by atoms with E-state index in [4.69, 9.17) is 9.47 Å². The van der Waals surface area contributed by atoms with Crippen LogP contribution in [0.1, 0.15) is 36.2 Å². The van der Waals surface area contributed by atoms with Crippen LogP contribution >= 0.6 is 0 Å². The van der Waals surface area contributed by atoms with Crippen molar-refractivity contribution in [2.24, 2.45) is 0 Å². The minimum absolute atomic E-state index is 0.00902. The van der Waals surface area contributed by atoms with Gasteiger partial charge in [0.2, 0.25) is 5.82 Å². The number of carbonyl (C=O) groups excluding carboxylic acids is 1. The summed E-state index contributed by atoms with van der Waals surface area (Å²) in [6, 6.07) is 17.9. The van der Waals surface area contributed by atoms with Crippen molar-refractivity contribution in [3.63, 3.8) is 0 Å². The lowest BCUT2D eigenvalue weighted by Crippen LogP contribution is -2.12. The molecule has 0 aliphatic heterocycles. The summed E-state index contributed by atoms with van der Waals surface area (Å²) in [5.41, 5.74) is 1.37. The number of hydrogen-bond acceptors (Lipinski definition) is 3. The molecule has 0 heterocycles. The van der Waals surface area contributed by atoms with Crippen molar-refractivity contribution < 1.29 is 31.8 Å². The molecule has 0 bridgehead atoms. The monoisotopic (exact) mass is 508 g/mol. The van der Waals surface area contributed by atoms with E-state index in [0.717, 1.165) is 18.4 Å². The van der Waals surface area contributed by atoms with Crippen molar-refractivity contribution in [3.05, 3.63) is 107 Å². The Balaban J connectivity index is 1.51. The number of benzene rings is 4. The van der Waals surface area contributed by atoms with Crippen LogP contribution in [-0.4, -0.2) is 12.6 Å². The van der Waals surface area contributed by atoms with Crippen LogP contribution in [0.15, 0.2) is 72.8 Å². The van der Waals surface area contributed by atoms with Crippen molar-refractivity contribution in [2.45, 2.75) is 26.7 Å². The highest BCUT2D eigenvalue weighted by Gasteiger charge is 2.21. The Kier molecular flexibility index (Phi) is 7.92. The first kappa shape index (κ1) is 25.9. The summed E-state index contributed by atoms with van der Waals surface area (Å²) in [7, 11) is 0. The van der Waals surface area contributed by atoms with E-state index in [1.165, 1.54) is 48.5 Å². The fourth-order valence-electron chi connectivity index (χ4n) is 3.96. The van der Waals surface area contributed by atoms with Gasteiger partial charge in [0.25, 0.3) is 0 Å². The first-order valence-corrected chi connectivity index (χ1v) is 11.8. The standard InChI is InChI=1S/C30H24F4O3/c1-3-5-18-6-8-19(9-7-18)22-14-15-24(28(33)26(22)31)30(35)37-21-12-10-20(11-13-21)23-16-17-25(36-4-2)29(34)27(23)32/h6-17H,3-5H2,1-2H3. The molecule has 4 rings (SSSR count). The summed E-state index contributed by atoms with van der Waals surface area (Å²) in [4.78, 5) is 12.6. The van der Waals surface area contributed by atoms with E-state index in [0.29, 0.717) is 11.1 Å². The van der Waals surface area contributed by atoms with Crippen molar-refractivity contribution in [1.29, 1.82) is 0 Å². The molecule has 0 saturated carbocycles. The molecule has 3 nitrogen and oxygen atoms in total. The lowest BCUT2D eigenvalue weighted by molar-refractivity contribution is 0.0728. The quantitative estimate of drug-likeness (QED) is 0.137. The molecular weight excluding hydrogens is 484 g/mol. The number of rotatable bonds is 8. The highest BCUT2D eigenvalue weighted by atomic mass is 19.2. The molecule has 7 heteroatoms. The molecule has 0 N–H and O–H groups in total. The van der Waals surface area contributed by atoms with Gasteiger partial charge in [-0.25, -0.2) is 18.0 Å². The van der Waals surface area contributed by atoms with Gasteiger partial charge in [-0.2, -0.15) is 4.39 Å². The minimum atomic E-state index is -1.32. The van der Waals surface area contributed by atoms with Crippen LogP contribution in [0.5, 0.6) is 11.5 Å². The molecule has 4 aromatic rings. The Morgan fingerprint density at radius 3 is 1.84 bits per heavy atom. The van der Waals surface area contributed by atoms with E-state index in [2.05, 4.69) is 6.92 Å². The Hall–Kier alpha value is -4.13. The first-order valence-electron chi connectivity index (χ1n) is 11.8. The summed E-state index contributed by atoms with van der Waals surface area (Å²) < 4.78 is 68.5. The SMILES string of the molecule is CCCc1ccc(-c2ccc(C(=O)Oc3ccc(-c4ccc(OCC)c(F)c4F)cc3)c(F)c2F)cc1. The molecule has 0 aliphatic rings. The van der Waals surface area contributed by atoms with Crippen LogP contribution in [0.4, 0.5) is 17.6 Å². The van der Waals surface area contributed by atoms with Crippen LogP contribution in [0.2, 0.25) is 0 Å². The van der Waals surface area contributed by atoms with Crippen LogP contribution in [0.3, 0.4) is 0 Å². The molecule has 0 unspecified atom stereocenters. The maximum absolute atomic E-state index is 14.8. The van der Waals surface area contributed by atoms with E-state index in [1.54, 1.807) is 19.1 Å². The van der Waals surface area contributed by atoms with Gasteiger partial charge in [0, 0.05) is 11.1 Å². The number of hydrogen-bond donors (Lipinski definition) is 0. The molecule has 37 heavy (non-hydrogen) atoms. The zero-order valence-corrected chi connectivity index (χ0v) is 20.3. The Labute approximate surface area is 212 Å². The average Bonchev–Trinajstić information content (AvgIpc) is 2.90. The molecule has 0 atom stereocenters. The fraction of sp³-hybridized carbons (Fsp3) is 0.167. The molecule has 0 radical (unpaired) electrons. The van der Waals surface area contributed by atoms with Crippen molar-refractivity contribution in [2.75, 3.05) is 6.61 Å². The molecule has 0 saturated heterocycles. The van der Waals surface area contributed by atoms with Crippen LogP contribution in [-0.2, 0) is 6.42 Å². The summed E-state index contributed by atoms with van der Waals surface area (Å²) >= 11 is 0. The highest BCUT2D eigenvalue weighted by Crippen LogP contribution is 2.32. The number of halogens is 4. The van der Waals surface area contributed by atoms with Gasteiger partial charge in [-0.1, -0.05) is 55.8 Å². The normalized spacial score (nSPS) is 10.9. The Bertz CT molecular complexity index is 1410. The molecule has 0 aliphatic carbocycles. The van der Waals surface area contributed by atoms with E-state index in [1.807, 2.05) is 12.1 Å². The summed E-state index contributed by atoms with van der Waals surface area (Å²) in [6.07, 6.45) is 1.85. The molecule has 0 amide bonds. The van der Waals surface area contributed by atoms with E-state index < -0.39 is 34.8 Å². The number of ether oxygens (including phenoxy) is 2. The van der Waals surface area contributed by atoms with E-state index >= 15 is 0 Å². The van der Waals surface area contributed by atoms with Gasteiger partial charge in [-0.15, -0.1) is 0 Å². The zero-order valence-electron chi connectivity index (χ0n) is 20.3. The van der Waals surface area contributed by atoms with Gasteiger partial charge >= 0.3 is 5.97 Å².